The Kier molecular flexibility index (Phi) is 6.07. The first-order valence-electron chi connectivity index (χ1n) is 5.55. The summed E-state index contributed by atoms with van der Waals surface area (Å²) in [5.74, 6) is 2.05. The van der Waals surface area contributed by atoms with Crippen LogP contribution in [0, 0.1) is 6.92 Å². The molecule has 0 spiro atoms. The summed E-state index contributed by atoms with van der Waals surface area (Å²) in [5, 5.41) is 3.88. The molecule has 0 aliphatic heterocycles. The Labute approximate surface area is 105 Å². The largest absolute Gasteiger partial charge is 0.465 e. The summed E-state index contributed by atoms with van der Waals surface area (Å²) < 4.78 is 9.77. The number of thioether (sulfide) groups is 1. The smallest absolute Gasteiger partial charge is 0.322 e. The predicted molar refractivity (Wildman–Crippen MR) is 66.6 cm³/mol. The Balaban J connectivity index is 2.13. The van der Waals surface area contributed by atoms with Crippen LogP contribution in [0.1, 0.15) is 24.8 Å². The van der Waals surface area contributed by atoms with Gasteiger partial charge in [0.1, 0.15) is 11.8 Å². The lowest BCUT2D eigenvalue weighted by Gasteiger charge is -2.09. The number of hydrogen-bond acceptors (Lipinski definition) is 6. The second-order valence-electron chi connectivity index (χ2n) is 3.63. The highest BCUT2D eigenvalue weighted by molar-refractivity contribution is 7.98. The van der Waals surface area contributed by atoms with E-state index in [0.717, 1.165) is 23.0 Å². The van der Waals surface area contributed by atoms with Crippen molar-refractivity contribution in [3.63, 3.8) is 0 Å². The van der Waals surface area contributed by atoms with Crippen molar-refractivity contribution < 1.29 is 14.1 Å². The molecule has 1 aromatic rings. The SMILES string of the molecule is CCOC(=O)C(N)CCSCc1cc(C)on1. The van der Waals surface area contributed by atoms with Gasteiger partial charge in [-0.3, -0.25) is 4.79 Å². The van der Waals surface area contributed by atoms with Gasteiger partial charge in [0.25, 0.3) is 0 Å². The van der Waals surface area contributed by atoms with Crippen molar-refractivity contribution >= 4 is 17.7 Å². The van der Waals surface area contributed by atoms with Crippen molar-refractivity contribution in [1.29, 1.82) is 0 Å². The van der Waals surface area contributed by atoms with E-state index in [0.29, 0.717) is 13.0 Å². The summed E-state index contributed by atoms with van der Waals surface area (Å²) in [7, 11) is 0. The number of carbonyl (C=O) groups excluding carboxylic acids is 1. The van der Waals surface area contributed by atoms with Gasteiger partial charge in [-0.05, 0) is 26.0 Å². The molecule has 1 rings (SSSR count). The first kappa shape index (κ1) is 14.1. The molecule has 0 radical (unpaired) electrons. The van der Waals surface area contributed by atoms with Gasteiger partial charge in [-0.2, -0.15) is 11.8 Å². The number of nitrogens with zero attached hydrogens (tertiary/aromatic N) is 1. The van der Waals surface area contributed by atoms with Gasteiger partial charge in [-0.25, -0.2) is 0 Å². The molecule has 0 bridgehead atoms. The van der Waals surface area contributed by atoms with E-state index < -0.39 is 6.04 Å². The van der Waals surface area contributed by atoms with Gasteiger partial charge >= 0.3 is 5.97 Å². The summed E-state index contributed by atoms with van der Waals surface area (Å²) in [6.45, 7) is 4.00. The molecule has 17 heavy (non-hydrogen) atoms. The molecule has 1 unspecified atom stereocenters. The number of ether oxygens (including phenoxy) is 1. The number of carbonyl (C=O) groups is 1. The molecule has 96 valence electrons. The number of esters is 1. The minimum Gasteiger partial charge on any atom is -0.465 e. The fourth-order valence-corrected chi connectivity index (χ4v) is 2.15. The zero-order valence-electron chi connectivity index (χ0n) is 10.1. The van der Waals surface area contributed by atoms with Crippen molar-refractivity contribution in [2.24, 2.45) is 5.73 Å². The Morgan fingerprint density at radius 2 is 2.47 bits per heavy atom. The summed E-state index contributed by atoms with van der Waals surface area (Å²) in [6, 6.07) is 1.37. The fraction of sp³-hybridized carbons (Fsp3) is 0.636. The van der Waals surface area contributed by atoms with Crippen LogP contribution >= 0.6 is 11.8 Å². The van der Waals surface area contributed by atoms with E-state index in [4.69, 9.17) is 15.0 Å². The molecule has 6 heteroatoms. The van der Waals surface area contributed by atoms with Crippen molar-refractivity contribution in [2.45, 2.75) is 32.1 Å². The Bertz CT molecular complexity index is 354. The molecule has 5 nitrogen and oxygen atoms in total. The van der Waals surface area contributed by atoms with E-state index in [9.17, 15) is 4.79 Å². The lowest BCUT2D eigenvalue weighted by molar-refractivity contribution is -0.144. The standard InChI is InChI=1S/C11H18N2O3S/c1-3-15-11(14)10(12)4-5-17-7-9-6-8(2)16-13-9/h6,10H,3-5,7,12H2,1-2H3. The number of rotatable bonds is 7. The molecule has 1 heterocycles. The summed E-state index contributed by atoms with van der Waals surface area (Å²) in [6.07, 6.45) is 0.611. The third-order valence-corrected chi connectivity index (χ3v) is 3.11. The van der Waals surface area contributed by atoms with Gasteiger partial charge in [0.05, 0.1) is 12.3 Å². The monoisotopic (exact) mass is 258 g/mol. The number of aromatic nitrogens is 1. The van der Waals surface area contributed by atoms with E-state index in [1.807, 2.05) is 13.0 Å². The maximum atomic E-state index is 11.2. The van der Waals surface area contributed by atoms with E-state index in [1.165, 1.54) is 0 Å². The summed E-state index contributed by atoms with van der Waals surface area (Å²) in [5.41, 5.74) is 6.58. The van der Waals surface area contributed by atoms with Crippen molar-refractivity contribution in [3.05, 3.63) is 17.5 Å². The van der Waals surface area contributed by atoms with Gasteiger partial charge in [0, 0.05) is 11.8 Å². The molecule has 0 fully saturated rings. The molecule has 0 amide bonds. The number of aryl methyl sites for hydroxylation is 1. The van der Waals surface area contributed by atoms with E-state index in [-0.39, 0.29) is 5.97 Å². The molecule has 1 atom stereocenters. The van der Waals surface area contributed by atoms with Crippen LogP contribution in [0.2, 0.25) is 0 Å². The molecule has 0 saturated carbocycles. The normalized spacial score (nSPS) is 12.4. The summed E-state index contributed by atoms with van der Waals surface area (Å²) >= 11 is 1.67. The number of hydrogen-bond donors (Lipinski definition) is 1. The van der Waals surface area contributed by atoms with Crippen molar-refractivity contribution in [1.82, 2.24) is 5.16 Å². The molecule has 2 N–H and O–H groups in total. The Hall–Kier alpha value is -1.01. The fourth-order valence-electron chi connectivity index (χ4n) is 1.24. The lowest BCUT2D eigenvalue weighted by atomic mass is 10.2. The molecule has 1 aromatic heterocycles. The van der Waals surface area contributed by atoms with Gasteiger partial charge in [0.15, 0.2) is 0 Å². The predicted octanol–water partition coefficient (Wildman–Crippen LogP) is 1.50. The minimum absolute atomic E-state index is 0.328. The zero-order chi connectivity index (χ0) is 12.7. The van der Waals surface area contributed by atoms with Crippen LogP contribution < -0.4 is 5.73 Å². The topological polar surface area (TPSA) is 78.4 Å². The van der Waals surface area contributed by atoms with Gasteiger partial charge in [0.2, 0.25) is 0 Å². The van der Waals surface area contributed by atoms with Crippen LogP contribution in [0.3, 0.4) is 0 Å². The molecule has 0 aromatic carbocycles. The number of nitrogens with two attached hydrogens (primary N) is 1. The van der Waals surface area contributed by atoms with E-state index in [1.54, 1.807) is 18.7 Å². The zero-order valence-corrected chi connectivity index (χ0v) is 11.0. The first-order valence-corrected chi connectivity index (χ1v) is 6.71. The third kappa shape index (κ3) is 5.23. The minimum atomic E-state index is -0.526. The van der Waals surface area contributed by atoms with Crippen LogP contribution in [-0.4, -0.2) is 29.5 Å². The van der Waals surface area contributed by atoms with E-state index in [2.05, 4.69) is 5.16 Å². The van der Waals surface area contributed by atoms with Crippen molar-refractivity contribution in [2.75, 3.05) is 12.4 Å². The summed E-state index contributed by atoms with van der Waals surface area (Å²) in [4.78, 5) is 11.2. The third-order valence-electron chi connectivity index (χ3n) is 2.09. The van der Waals surface area contributed by atoms with Crippen LogP contribution in [0.15, 0.2) is 10.6 Å². The Morgan fingerprint density at radius 1 is 1.71 bits per heavy atom. The highest BCUT2D eigenvalue weighted by atomic mass is 32.2. The van der Waals surface area contributed by atoms with Crippen LogP contribution in [-0.2, 0) is 15.3 Å². The average Bonchev–Trinajstić information content (AvgIpc) is 2.70. The molecule has 0 saturated heterocycles. The highest BCUT2D eigenvalue weighted by Gasteiger charge is 2.13. The highest BCUT2D eigenvalue weighted by Crippen LogP contribution is 2.13. The van der Waals surface area contributed by atoms with Gasteiger partial charge in [-0.1, -0.05) is 5.16 Å². The second kappa shape index (κ2) is 7.34. The molecular weight excluding hydrogens is 240 g/mol. The van der Waals surface area contributed by atoms with Crippen LogP contribution in [0.4, 0.5) is 0 Å². The molecule has 0 aliphatic rings. The second-order valence-corrected chi connectivity index (χ2v) is 4.73. The van der Waals surface area contributed by atoms with Crippen LogP contribution in [0.25, 0.3) is 0 Å². The van der Waals surface area contributed by atoms with Crippen molar-refractivity contribution in [3.8, 4) is 0 Å². The van der Waals surface area contributed by atoms with Crippen LogP contribution in [0.5, 0.6) is 0 Å². The van der Waals surface area contributed by atoms with Gasteiger partial charge in [-0.15, -0.1) is 0 Å². The van der Waals surface area contributed by atoms with E-state index >= 15 is 0 Å². The quantitative estimate of drug-likeness (QED) is 0.590. The maximum Gasteiger partial charge on any atom is 0.322 e. The maximum absolute atomic E-state index is 11.2. The first-order chi connectivity index (χ1) is 8.13. The average molecular weight is 258 g/mol. The Morgan fingerprint density at radius 3 is 3.06 bits per heavy atom. The van der Waals surface area contributed by atoms with Gasteiger partial charge < -0.3 is 15.0 Å². The molecule has 0 aliphatic carbocycles. The lowest BCUT2D eigenvalue weighted by Crippen LogP contribution is -2.32. The molecular formula is C11H18N2O3S.